The van der Waals surface area contributed by atoms with E-state index in [1.165, 1.54) is 0 Å². The second-order valence-corrected chi connectivity index (χ2v) is 5.67. The lowest BCUT2D eigenvalue weighted by atomic mass is 10.0. The van der Waals surface area contributed by atoms with Crippen molar-refractivity contribution in [3.8, 4) is 5.75 Å². The fourth-order valence-electron chi connectivity index (χ4n) is 1.88. The van der Waals surface area contributed by atoms with E-state index in [0.29, 0.717) is 22.6 Å². The lowest BCUT2D eigenvalue weighted by molar-refractivity contribution is 0.103. The monoisotopic (exact) mass is 333 g/mol. The molecule has 3 nitrogen and oxygen atoms in total. The molecule has 0 heterocycles. The highest BCUT2D eigenvalue weighted by atomic mass is 79.9. The van der Waals surface area contributed by atoms with Gasteiger partial charge in [0.1, 0.15) is 5.75 Å². The second-order valence-electron chi connectivity index (χ2n) is 4.76. The Morgan fingerprint density at radius 2 is 1.95 bits per heavy atom. The van der Waals surface area contributed by atoms with Crippen molar-refractivity contribution >= 4 is 27.4 Å². The van der Waals surface area contributed by atoms with Gasteiger partial charge in [0.15, 0.2) is 5.78 Å². The Morgan fingerprint density at radius 1 is 1.20 bits per heavy atom. The van der Waals surface area contributed by atoms with Gasteiger partial charge in [-0.15, -0.1) is 0 Å². The molecule has 0 unspecified atom stereocenters. The third kappa shape index (κ3) is 3.39. The first kappa shape index (κ1) is 14.6. The van der Waals surface area contributed by atoms with Crippen molar-refractivity contribution in [2.24, 2.45) is 0 Å². The number of nitrogens with two attached hydrogens (primary N) is 1. The zero-order valence-electron chi connectivity index (χ0n) is 11.4. The average Bonchev–Trinajstić information content (AvgIpc) is 2.37. The standard InChI is InChI=1S/C16H16BrNO2/c1-10(2)20-13-5-3-4-11(8-13)16(19)14-7-6-12(17)9-15(14)18/h3-10H,18H2,1-2H3. The number of halogens is 1. The van der Waals surface area contributed by atoms with Gasteiger partial charge in [-0.05, 0) is 44.2 Å². The molecule has 0 bridgehead atoms. The summed E-state index contributed by atoms with van der Waals surface area (Å²) in [5.74, 6) is 0.575. The van der Waals surface area contributed by atoms with Crippen LogP contribution in [0, 0.1) is 0 Å². The fraction of sp³-hybridized carbons (Fsp3) is 0.188. The van der Waals surface area contributed by atoms with Gasteiger partial charge in [-0.25, -0.2) is 0 Å². The maximum absolute atomic E-state index is 12.5. The van der Waals surface area contributed by atoms with Crippen molar-refractivity contribution in [2.75, 3.05) is 5.73 Å². The smallest absolute Gasteiger partial charge is 0.195 e. The van der Waals surface area contributed by atoms with E-state index in [9.17, 15) is 4.79 Å². The summed E-state index contributed by atoms with van der Waals surface area (Å²) in [7, 11) is 0. The fourth-order valence-corrected chi connectivity index (χ4v) is 2.26. The van der Waals surface area contributed by atoms with Crippen molar-refractivity contribution in [1.29, 1.82) is 0 Å². The van der Waals surface area contributed by atoms with E-state index in [2.05, 4.69) is 15.9 Å². The van der Waals surface area contributed by atoms with Crippen LogP contribution in [0.5, 0.6) is 5.75 Å². The van der Waals surface area contributed by atoms with Crippen LogP contribution in [0.3, 0.4) is 0 Å². The Morgan fingerprint density at radius 3 is 2.60 bits per heavy atom. The molecule has 0 aliphatic carbocycles. The molecule has 2 aromatic carbocycles. The van der Waals surface area contributed by atoms with Gasteiger partial charge in [0.25, 0.3) is 0 Å². The molecule has 0 fully saturated rings. The molecule has 2 rings (SSSR count). The Hall–Kier alpha value is -1.81. The number of hydrogen-bond donors (Lipinski definition) is 1. The Bertz CT molecular complexity index is 638. The van der Waals surface area contributed by atoms with Crippen molar-refractivity contribution in [1.82, 2.24) is 0 Å². The Kier molecular flexibility index (Phi) is 4.45. The number of hydrogen-bond acceptors (Lipinski definition) is 3. The summed E-state index contributed by atoms with van der Waals surface area (Å²) < 4.78 is 6.45. The zero-order valence-corrected chi connectivity index (χ0v) is 13.0. The van der Waals surface area contributed by atoms with E-state index in [1.807, 2.05) is 19.9 Å². The lowest BCUT2D eigenvalue weighted by Gasteiger charge is -2.11. The number of carbonyl (C=O) groups excluding carboxylic acids is 1. The normalized spacial score (nSPS) is 10.6. The van der Waals surface area contributed by atoms with E-state index >= 15 is 0 Å². The number of nitrogen functional groups attached to an aromatic ring is 1. The highest BCUT2D eigenvalue weighted by molar-refractivity contribution is 9.10. The molecule has 2 aromatic rings. The van der Waals surface area contributed by atoms with Crippen LogP contribution in [0.25, 0.3) is 0 Å². The van der Waals surface area contributed by atoms with Crippen LogP contribution in [0.15, 0.2) is 46.9 Å². The summed E-state index contributed by atoms with van der Waals surface area (Å²) in [6.07, 6.45) is 0.0677. The van der Waals surface area contributed by atoms with Crippen LogP contribution >= 0.6 is 15.9 Å². The van der Waals surface area contributed by atoms with Crippen LogP contribution in [0.2, 0.25) is 0 Å². The van der Waals surface area contributed by atoms with E-state index in [4.69, 9.17) is 10.5 Å². The lowest BCUT2D eigenvalue weighted by Crippen LogP contribution is -2.08. The van der Waals surface area contributed by atoms with Crippen LogP contribution in [-0.2, 0) is 0 Å². The van der Waals surface area contributed by atoms with Gasteiger partial charge >= 0.3 is 0 Å². The highest BCUT2D eigenvalue weighted by Crippen LogP contribution is 2.23. The predicted octanol–water partition coefficient (Wildman–Crippen LogP) is 4.05. The summed E-state index contributed by atoms with van der Waals surface area (Å²) in [6.45, 7) is 3.89. The molecule has 0 aliphatic heterocycles. The average molecular weight is 334 g/mol. The molecule has 0 atom stereocenters. The van der Waals surface area contributed by atoms with Gasteiger partial charge in [-0.1, -0.05) is 28.1 Å². The van der Waals surface area contributed by atoms with Gasteiger partial charge in [0, 0.05) is 21.3 Å². The van der Waals surface area contributed by atoms with Crippen LogP contribution in [0.1, 0.15) is 29.8 Å². The first-order valence-electron chi connectivity index (χ1n) is 6.34. The molecule has 0 amide bonds. The topological polar surface area (TPSA) is 52.3 Å². The molecule has 0 saturated carbocycles. The van der Waals surface area contributed by atoms with Gasteiger partial charge in [0.05, 0.1) is 6.10 Å². The highest BCUT2D eigenvalue weighted by Gasteiger charge is 2.13. The van der Waals surface area contributed by atoms with E-state index in [0.717, 1.165) is 4.47 Å². The first-order valence-corrected chi connectivity index (χ1v) is 7.13. The minimum absolute atomic E-state index is 0.0677. The number of ether oxygens (including phenoxy) is 1. The molecule has 0 saturated heterocycles. The third-order valence-electron chi connectivity index (χ3n) is 2.73. The maximum atomic E-state index is 12.5. The van der Waals surface area contributed by atoms with Crippen molar-refractivity contribution in [3.05, 3.63) is 58.1 Å². The molecule has 20 heavy (non-hydrogen) atoms. The molecule has 0 spiro atoms. The molecular weight excluding hydrogens is 318 g/mol. The summed E-state index contributed by atoms with van der Waals surface area (Å²) >= 11 is 3.33. The number of ketones is 1. The van der Waals surface area contributed by atoms with Crippen LogP contribution in [0.4, 0.5) is 5.69 Å². The quantitative estimate of drug-likeness (QED) is 0.678. The molecule has 0 aromatic heterocycles. The van der Waals surface area contributed by atoms with E-state index in [1.54, 1.807) is 36.4 Å². The molecule has 0 radical (unpaired) electrons. The summed E-state index contributed by atoms with van der Waals surface area (Å²) in [5, 5.41) is 0. The predicted molar refractivity (Wildman–Crippen MR) is 84.2 cm³/mol. The number of benzene rings is 2. The molecule has 0 aliphatic rings. The Balaban J connectivity index is 2.33. The van der Waals surface area contributed by atoms with Crippen molar-refractivity contribution < 1.29 is 9.53 Å². The molecule has 2 N–H and O–H groups in total. The summed E-state index contributed by atoms with van der Waals surface area (Å²) in [6, 6.07) is 12.4. The molecule has 4 heteroatoms. The second kappa shape index (κ2) is 6.09. The molecule has 104 valence electrons. The molecular formula is C16H16BrNO2. The van der Waals surface area contributed by atoms with Gasteiger partial charge < -0.3 is 10.5 Å². The van der Waals surface area contributed by atoms with Gasteiger partial charge in [-0.2, -0.15) is 0 Å². The minimum atomic E-state index is -0.107. The first-order chi connectivity index (χ1) is 9.47. The van der Waals surface area contributed by atoms with E-state index in [-0.39, 0.29) is 11.9 Å². The van der Waals surface area contributed by atoms with Crippen molar-refractivity contribution in [2.45, 2.75) is 20.0 Å². The SMILES string of the molecule is CC(C)Oc1cccc(C(=O)c2ccc(Br)cc2N)c1. The van der Waals surface area contributed by atoms with Crippen LogP contribution in [-0.4, -0.2) is 11.9 Å². The van der Waals surface area contributed by atoms with Crippen molar-refractivity contribution in [3.63, 3.8) is 0 Å². The minimum Gasteiger partial charge on any atom is -0.491 e. The summed E-state index contributed by atoms with van der Waals surface area (Å²) in [4.78, 5) is 12.5. The third-order valence-corrected chi connectivity index (χ3v) is 3.22. The summed E-state index contributed by atoms with van der Waals surface area (Å²) in [5.41, 5.74) is 7.42. The number of rotatable bonds is 4. The Labute approximate surface area is 126 Å². The number of anilines is 1. The zero-order chi connectivity index (χ0) is 14.7. The van der Waals surface area contributed by atoms with Gasteiger partial charge in [0.2, 0.25) is 0 Å². The largest absolute Gasteiger partial charge is 0.491 e. The number of carbonyl (C=O) groups is 1. The van der Waals surface area contributed by atoms with E-state index < -0.39 is 0 Å². The van der Waals surface area contributed by atoms with Crippen LogP contribution < -0.4 is 10.5 Å². The van der Waals surface area contributed by atoms with Gasteiger partial charge in [-0.3, -0.25) is 4.79 Å². The maximum Gasteiger partial charge on any atom is 0.195 e.